The van der Waals surface area contributed by atoms with Gasteiger partial charge in [0.25, 0.3) is 5.91 Å². The maximum Gasteiger partial charge on any atom is 0.253 e. The Labute approximate surface area is 140 Å². The van der Waals surface area contributed by atoms with E-state index in [1.54, 1.807) is 28.9 Å². The molecular weight excluding hydrogens is 323 g/mol. The van der Waals surface area contributed by atoms with Gasteiger partial charge in [-0.15, -0.1) is 23.2 Å². The summed E-state index contributed by atoms with van der Waals surface area (Å²) in [7, 11) is 0. The molecule has 2 aliphatic rings. The molecular formula is C16H18Cl2N2O2. The van der Waals surface area contributed by atoms with Gasteiger partial charge in [-0.25, -0.2) is 0 Å². The van der Waals surface area contributed by atoms with Crippen molar-refractivity contribution >= 4 is 35.0 Å². The van der Waals surface area contributed by atoms with Crippen molar-refractivity contribution < 1.29 is 9.59 Å². The molecule has 3 rings (SSSR count). The Bertz CT molecular complexity index is 597. The van der Waals surface area contributed by atoms with Crippen molar-refractivity contribution in [3.8, 4) is 0 Å². The summed E-state index contributed by atoms with van der Waals surface area (Å²) in [6.45, 7) is 3.92. The van der Waals surface area contributed by atoms with Crippen LogP contribution in [-0.2, 0) is 4.79 Å². The number of alkyl halides is 2. The van der Waals surface area contributed by atoms with Crippen molar-refractivity contribution in [2.75, 3.05) is 26.2 Å². The standard InChI is InChI=1S/C16H18Cl2N2O2/c1-15(11-16(15,17)18)14(22)20-9-7-19(8-10-20)13(21)12-5-3-2-4-6-12/h2-6H,7-11H2,1H3. The Kier molecular flexibility index (Phi) is 3.86. The van der Waals surface area contributed by atoms with Gasteiger partial charge in [-0.3, -0.25) is 9.59 Å². The quantitative estimate of drug-likeness (QED) is 0.776. The zero-order valence-electron chi connectivity index (χ0n) is 12.4. The molecule has 1 unspecified atom stereocenters. The minimum absolute atomic E-state index is 0.00867. The molecule has 0 N–H and O–H groups in total. The maximum atomic E-state index is 12.5. The van der Waals surface area contributed by atoms with Crippen molar-refractivity contribution in [3.63, 3.8) is 0 Å². The zero-order chi connectivity index (χ0) is 16.0. The van der Waals surface area contributed by atoms with E-state index in [0.717, 1.165) is 0 Å². The van der Waals surface area contributed by atoms with Crippen molar-refractivity contribution in [2.24, 2.45) is 5.41 Å². The maximum absolute atomic E-state index is 12.5. The summed E-state index contributed by atoms with van der Waals surface area (Å²) in [5.74, 6) is -0.00123. The molecule has 22 heavy (non-hydrogen) atoms. The Morgan fingerprint density at radius 2 is 1.50 bits per heavy atom. The molecule has 1 aliphatic carbocycles. The highest BCUT2D eigenvalue weighted by Crippen LogP contribution is 2.64. The summed E-state index contributed by atoms with van der Waals surface area (Å²) >= 11 is 12.2. The lowest BCUT2D eigenvalue weighted by Crippen LogP contribution is -2.52. The van der Waals surface area contributed by atoms with Crippen LogP contribution in [0.15, 0.2) is 30.3 Å². The number of hydrogen-bond donors (Lipinski definition) is 0. The summed E-state index contributed by atoms with van der Waals surface area (Å²) in [5.41, 5.74) is -0.00110. The fourth-order valence-corrected chi connectivity index (χ4v) is 3.55. The number of benzene rings is 1. The largest absolute Gasteiger partial charge is 0.339 e. The van der Waals surface area contributed by atoms with Gasteiger partial charge in [0, 0.05) is 31.7 Å². The number of carbonyl (C=O) groups excluding carboxylic acids is 2. The number of piperazine rings is 1. The van der Waals surface area contributed by atoms with E-state index in [1.807, 2.05) is 18.2 Å². The van der Waals surface area contributed by atoms with Crippen LogP contribution in [0.5, 0.6) is 0 Å². The van der Waals surface area contributed by atoms with Crippen LogP contribution in [0.3, 0.4) is 0 Å². The average molecular weight is 341 g/mol. The third kappa shape index (κ3) is 2.59. The lowest BCUT2D eigenvalue weighted by molar-refractivity contribution is -0.137. The molecule has 2 fully saturated rings. The fraction of sp³-hybridized carbons (Fsp3) is 0.500. The van der Waals surface area contributed by atoms with Gasteiger partial charge in [0.1, 0.15) is 4.33 Å². The van der Waals surface area contributed by atoms with Crippen LogP contribution in [0.25, 0.3) is 0 Å². The van der Waals surface area contributed by atoms with E-state index in [0.29, 0.717) is 38.2 Å². The van der Waals surface area contributed by atoms with Crippen LogP contribution < -0.4 is 0 Å². The highest BCUT2D eigenvalue weighted by atomic mass is 35.5. The first-order valence-electron chi connectivity index (χ1n) is 7.37. The van der Waals surface area contributed by atoms with Gasteiger partial charge in [0.05, 0.1) is 5.41 Å². The Balaban J connectivity index is 1.59. The minimum Gasteiger partial charge on any atom is -0.339 e. The molecule has 1 aliphatic heterocycles. The lowest BCUT2D eigenvalue weighted by Gasteiger charge is -2.36. The monoisotopic (exact) mass is 340 g/mol. The van der Waals surface area contributed by atoms with Crippen molar-refractivity contribution in [2.45, 2.75) is 17.7 Å². The van der Waals surface area contributed by atoms with Crippen LogP contribution >= 0.6 is 23.2 Å². The molecule has 1 saturated heterocycles. The van der Waals surface area contributed by atoms with Gasteiger partial charge in [-0.2, -0.15) is 0 Å². The molecule has 2 amide bonds. The smallest absolute Gasteiger partial charge is 0.253 e. The number of rotatable bonds is 2. The first-order chi connectivity index (χ1) is 10.3. The zero-order valence-corrected chi connectivity index (χ0v) is 13.9. The second-order valence-corrected chi connectivity index (χ2v) is 7.65. The number of amides is 2. The molecule has 118 valence electrons. The van der Waals surface area contributed by atoms with Gasteiger partial charge in [0.15, 0.2) is 0 Å². The van der Waals surface area contributed by atoms with E-state index >= 15 is 0 Å². The molecule has 6 heteroatoms. The molecule has 0 spiro atoms. The van der Waals surface area contributed by atoms with E-state index in [4.69, 9.17) is 23.2 Å². The SMILES string of the molecule is CC1(C(=O)N2CCN(C(=O)c3ccccc3)CC2)CC1(Cl)Cl. The van der Waals surface area contributed by atoms with Crippen LogP contribution in [0, 0.1) is 5.41 Å². The van der Waals surface area contributed by atoms with Crippen molar-refractivity contribution in [1.29, 1.82) is 0 Å². The molecule has 0 radical (unpaired) electrons. The molecule has 0 bridgehead atoms. The average Bonchev–Trinajstić information content (AvgIpc) is 3.06. The van der Waals surface area contributed by atoms with Crippen LogP contribution in [-0.4, -0.2) is 52.1 Å². The van der Waals surface area contributed by atoms with Gasteiger partial charge >= 0.3 is 0 Å². The van der Waals surface area contributed by atoms with Crippen LogP contribution in [0.4, 0.5) is 0 Å². The van der Waals surface area contributed by atoms with E-state index in [2.05, 4.69) is 0 Å². The molecule has 0 aromatic heterocycles. The van der Waals surface area contributed by atoms with E-state index < -0.39 is 9.75 Å². The summed E-state index contributed by atoms with van der Waals surface area (Å²) in [5, 5.41) is 0. The first-order valence-corrected chi connectivity index (χ1v) is 8.12. The molecule has 1 atom stereocenters. The predicted octanol–water partition coefficient (Wildman–Crippen LogP) is 2.55. The number of carbonyl (C=O) groups is 2. The van der Waals surface area contributed by atoms with E-state index in [1.165, 1.54) is 0 Å². The van der Waals surface area contributed by atoms with E-state index in [-0.39, 0.29) is 11.8 Å². The third-order valence-corrected chi connectivity index (χ3v) is 5.71. The number of hydrogen-bond acceptors (Lipinski definition) is 2. The second kappa shape index (κ2) is 5.43. The van der Waals surface area contributed by atoms with Crippen LogP contribution in [0.1, 0.15) is 23.7 Å². The third-order valence-electron chi connectivity index (χ3n) is 4.60. The predicted molar refractivity (Wildman–Crippen MR) is 86.1 cm³/mol. The molecule has 1 heterocycles. The summed E-state index contributed by atoms with van der Waals surface area (Å²) in [4.78, 5) is 28.4. The van der Waals surface area contributed by atoms with Gasteiger partial charge in [0.2, 0.25) is 5.91 Å². The topological polar surface area (TPSA) is 40.6 Å². The first kappa shape index (κ1) is 15.6. The Hall–Kier alpha value is -1.26. The van der Waals surface area contributed by atoms with Gasteiger partial charge < -0.3 is 9.80 Å². The van der Waals surface area contributed by atoms with Crippen molar-refractivity contribution in [1.82, 2.24) is 9.80 Å². The Morgan fingerprint density at radius 3 is 2.00 bits per heavy atom. The number of nitrogens with zero attached hydrogens (tertiary/aromatic N) is 2. The molecule has 1 saturated carbocycles. The number of halogens is 2. The highest BCUT2D eigenvalue weighted by Gasteiger charge is 2.68. The summed E-state index contributed by atoms with van der Waals surface area (Å²) in [6, 6.07) is 9.19. The van der Waals surface area contributed by atoms with Gasteiger partial charge in [-0.1, -0.05) is 18.2 Å². The second-order valence-electron chi connectivity index (χ2n) is 6.16. The minimum atomic E-state index is -0.943. The summed E-state index contributed by atoms with van der Waals surface area (Å²) in [6.07, 6.45) is 0.491. The normalized spacial score (nSPS) is 26.7. The van der Waals surface area contributed by atoms with Gasteiger partial charge in [-0.05, 0) is 25.5 Å². The Morgan fingerprint density at radius 1 is 1.00 bits per heavy atom. The molecule has 1 aromatic rings. The van der Waals surface area contributed by atoms with Crippen molar-refractivity contribution in [3.05, 3.63) is 35.9 Å². The fourth-order valence-electron chi connectivity index (χ4n) is 2.86. The lowest BCUT2D eigenvalue weighted by atomic mass is 10.1. The summed E-state index contributed by atoms with van der Waals surface area (Å²) < 4.78 is -0.943. The van der Waals surface area contributed by atoms with Crippen LogP contribution in [0.2, 0.25) is 0 Å². The molecule has 1 aromatic carbocycles. The molecule has 4 nitrogen and oxygen atoms in total. The van der Waals surface area contributed by atoms with E-state index in [9.17, 15) is 9.59 Å². The highest BCUT2D eigenvalue weighted by molar-refractivity contribution is 6.53.